The molecule has 0 radical (unpaired) electrons. The zero-order valence-corrected chi connectivity index (χ0v) is 12.1. The number of ether oxygens (including phenoxy) is 1. The molecule has 0 spiro atoms. The zero-order chi connectivity index (χ0) is 14.7. The van der Waals surface area contributed by atoms with Gasteiger partial charge in [0.05, 0.1) is 25.7 Å². The van der Waals surface area contributed by atoms with E-state index in [0.29, 0.717) is 18.6 Å². The van der Waals surface area contributed by atoms with Crippen LogP contribution in [-0.2, 0) is 4.79 Å². The molecular weight excluding hydrogens is 268 g/mol. The minimum absolute atomic E-state index is 0.0154. The third kappa shape index (κ3) is 3.26. The average molecular weight is 288 g/mol. The van der Waals surface area contributed by atoms with Crippen LogP contribution in [0.5, 0.6) is 5.75 Å². The van der Waals surface area contributed by atoms with E-state index in [1.165, 1.54) is 0 Å². The minimum atomic E-state index is -0.0410. The summed E-state index contributed by atoms with van der Waals surface area (Å²) >= 11 is 0. The van der Waals surface area contributed by atoms with Gasteiger partial charge >= 0.3 is 0 Å². The maximum atomic E-state index is 12.1. The van der Waals surface area contributed by atoms with Gasteiger partial charge in [-0.25, -0.2) is 0 Å². The Kier molecular flexibility index (Phi) is 3.94. The van der Waals surface area contributed by atoms with Crippen LogP contribution in [0.25, 0.3) is 0 Å². The first-order valence-electron chi connectivity index (χ1n) is 7.28. The number of benzene rings is 1. The van der Waals surface area contributed by atoms with Gasteiger partial charge in [0, 0.05) is 18.0 Å². The number of hydrogen-bond donors (Lipinski definition) is 3. The predicted octanol–water partition coefficient (Wildman–Crippen LogP) is 0.564. The standard InChI is InChI=1S/C15H20N4O2/c1-10-8-16-15(18-10)17-9-14(20)19-12-6-7-21-13-5-3-2-4-11(12)13/h2-5,10,12H,6-9H2,1H3,(H,19,20)(H2,16,17,18). The van der Waals surface area contributed by atoms with E-state index < -0.39 is 0 Å². The molecule has 0 fully saturated rings. The van der Waals surface area contributed by atoms with Gasteiger partial charge in [0.25, 0.3) is 0 Å². The largest absolute Gasteiger partial charge is 0.493 e. The monoisotopic (exact) mass is 288 g/mol. The van der Waals surface area contributed by atoms with Crippen molar-refractivity contribution in [3.8, 4) is 5.75 Å². The smallest absolute Gasteiger partial charge is 0.239 e. The van der Waals surface area contributed by atoms with Gasteiger partial charge < -0.3 is 20.7 Å². The SMILES string of the molecule is CC1CN=C(NCC(=O)NC2CCOc3ccccc32)N1. The van der Waals surface area contributed by atoms with E-state index in [1.807, 2.05) is 24.3 Å². The molecule has 6 heteroatoms. The zero-order valence-electron chi connectivity index (χ0n) is 12.1. The summed E-state index contributed by atoms with van der Waals surface area (Å²) in [4.78, 5) is 16.3. The molecule has 0 saturated heterocycles. The molecule has 1 aromatic carbocycles. The first-order chi connectivity index (χ1) is 10.2. The Bertz CT molecular complexity index is 558. The summed E-state index contributed by atoms with van der Waals surface area (Å²) in [5, 5.41) is 9.23. The molecule has 6 nitrogen and oxygen atoms in total. The fourth-order valence-corrected chi connectivity index (χ4v) is 2.56. The van der Waals surface area contributed by atoms with Crippen molar-refractivity contribution < 1.29 is 9.53 Å². The van der Waals surface area contributed by atoms with Crippen LogP contribution in [0.1, 0.15) is 24.9 Å². The van der Waals surface area contributed by atoms with Crippen molar-refractivity contribution in [2.24, 2.45) is 4.99 Å². The Morgan fingerprint density at radius 1 is 1.48 bits per heavy atom. The highest BCUT2D eigenvalue weighted by Gasteiger charge is 2.22. The Hall–Kier alpha value is -2.24. The van der Waals surface area contributed by atoms with Crippen LogP contribution >= 0.6 is 0 Å². The second-order valence-electron chi connectivity index (χ2n) is 5.38. The van der Waals surface area contributed by atoms with Crippen molar-refractivity contribution in [1.82, 2.24) is 16.0 Å². The normalized spacial score (nSPS) is 23.4. The number of aliphatic imine (C=N–C) groups is 1. The van der Waals surface area contributed by atoms with Gasteiger partial charge in [0.2, 0.25) is 5.91 Å². The lowest BCUT2D eigenvalue weighted by Gasteiger charge is -2.26. The Morgan fingerprint density at radius 2 is 2.33 bits per heavy atom. The summed E-state index contributed by atoms with van der Waals surface area (Å²) in [6.07, 6.45) is 0.791. The molecular formula is C15H20N4O2. The highest BCUT2D eigenvalue weighted by atomic mass is 16.5. The Labute approximate surface area is 124 Å². The van der Waals surface area contributed by atoms with Gasteiger partial charge in [-0.15, -0.1) is 0 Å². The van der Waals surface area contributed by atoms with Crippen molar-refractivity contribution in [2.75, 3.05) is 19.7 Å². The summed E-state index contributed by atoms with van der Waals surface area (Å²) in [7, 11) is 0. The van der Waals surface area contributed by atoms with Crippen molar-refractivity contribution in [3.05, 3.63) is 29.8 Å². The molecule has 112 valence electrons. The van der Waals surface area contributed by atoms with Crippen LogP contribution in [-0.4, -0.2) is 37.6 Å². The first kappa shape index (κ1) is 13.7. The van der Waals surface area contributed by atoms with Crippen molar-refractivity contribution in [3.63, 3.8) is 0 Å². The lowest BCUT2D eigenvalue weighted by Crippen LogP contribution is -2.44. The molecule has 2 unspecified atom stereocenters. The number of hydrogen-bond acceptors (Lipinski definition) is 5. The molecule has 1 amide bonds. The van der Waals surface area contributed by atoms with Crippen LogP contribution in [0.4, 0.5) is 0 Å². The number of rotatable bonds is 3. The number of nitrogens with zero attached hydrogens (tertiary/aromatic N) is 1. The molecule has 0 saturated carbocycles. The maximum absolute atomic E-state index is 12.1. The van der Waals surface area contributed by atoms with Crippen LogP contribution < -0.4 is 20.7 Å². The molecule has 2 atom stereocenters. The van der Waals surface area contributed by atoms with Crippen molar-refractivity contribution >= 4 is 11.9 Å². The van der Waals surface area contributed by atoms with Gasteiger partial charge in [-0.05, 0) is 13.0 Å². The Morgan fingerprint density at radius 3 is 3.14 bits per heavy atom. The van der Waals surface area contributed by atoms with Crippen LogP contribution in [0.2, 0.25) is 0 Å². The van der Waals surface area contributed by atoms with Crippen LogP contribution in [0.3, 0.4) is 0 Å². The summed E-state index contributed by atoms with van der Waals surface area (Å²) in [5.41, 5.74) is 1.04. The number of carbonyl (C=O) groups excluding carboxylic acids is 1. The molecule has 2 aliphatic rings. The second-order valence-corrected chi connectivity index (χ2v) is 5.38. The molecule has 0 aromatic heterocycles. The number of amides is 1. The number of fused-ring (bicyclic) bond motifs is 1. The van der Waals surface area contributed by atoms with E-state index in [-0.39, 0.29) is 18.5 Å². The van der Waals surface area contributed by atoms with Gasteiger partial charge in [0.15, 0.2) is 5.96 Å². The number of nitrogens with one attached hydrogen (secondary N) is 3. The van der Waals surface area contributed by atoms with E-state index in [9.17, 15) is 4.79 Å². The van der Waals surface area contributed by atoms with E-state index in [4.69, 9.17) is 4.74 Å². The third-order valence-electron chi connectivity index (χ3n) is 3.62. The van der Waals surface area contributed by atoms with E-state index in [0.717, 1.165) is 24.3 Å². The van der Waals surface area contributed by atoms with Crippen LogP contribution in [0.15, 0.2) is 29.3 Å². The van der Waals surface area contributed by atoms with Gasteiger partial charge in [-0.1, -0.05) is 18.2 Å². The summed E-state index contributed by atoms with van der Waals surface area (Å²) in [5.74, 6) is 1.52. The third-order valence-corrected chi connectivity index (χ3v) is 3.62. The topological polar surface area (TPSA) is 74.8 Å². The quantitative estimate of drug-likeness (QED) is 0.760. The average Bonchev–Trinajstić information content (AvgIpc) is 2.91. The maximum Gasteiger partial charge on any atom is 0.239 e. The molecule has 1 aromatic rings. The summed E-state index contributed by atoms with van der Waals surface area (Å²) in [6.45, 7) is 3.65. The summed E-state index contributed by atoms with van der Waals surface area (Å²) in [6, 6.07) is 8.18. The molecule has 0 bridgehead atoms. The lowest BCUT2D eigenvalue weighted by atomic mass is 10.0. The molecule has 2 heterocycles. The molecule has 21 heavy (non-hydrogen) atoms. The van der Waals surface area contributed by atoms with Crippen molar-refractivity contribution in [1.29, 1.82) is 0 Å². The minimum Gasteiger partial charge on any atom is -0.493 e. The van der Waals surface area contributed by atoms with Crippen molar-refractivity contribution in [2.45, 2.75) is 25.4 Å². The fraction of sp³-hybridized carbons (Fsp3) is 0.467. The predicted molar refractivity (Wildman–Crippen MR) is 80.3 cm³/mol. The van der Waals surface area contributed by atoms with Crippen LogP contribution in [0, 0.1) is 0 Å². The Balaban J connectivity index is 1.54. The van der Waals surface area contributed by atoms with Gasteiger partial charge in [-0.2, -0.15) is 0 Å². The lowest BCUT2D eigenvalue weighted by molar-refractivity contribution is -0.120. The summed E-state index contributed by atoms with van der Waals surface area (Å²) < 4.78 is 5.59. The molecule has 0 aliphatic carbocycles. The van der Waals surface area contributed by atoms with E-state index >= 15 is 0 Å². The highest BCUT2D eigenvalue weighted by molar-refractivity contribution is 5.87. The number of para-hydroxylation sites is 1. The molecule has 3 rings (SSSR count). The van der Waals surface area contributed by atoms with Gasteiger partial charge in [-0.3, -0.25) is 9.79 Å². The number of guanidine groups is 1. The molecule has 3 N–H and O–H groups in total. The molecule has 2 aliphatic heterocycles. The number of carbonyl (C=O) groups is 1. The second kappa shape index (κ2) is 6.03. The fourth-order valence-electron chi connectivity index (χ4n) is 2.56. The highest BCUT2D eigenvalue weighted by Crippen LogP contribution is 2.31. The first-order valence-corrected chi connectivity index (χ1v) is 7.28. The van der Waals surface area contributed by atoms with E-state index in [1.54, 1.807) is 0 Å². The van der Waals surface area contributed by atoms with E-state index in [2.05, 4.69) is 27.9 Å². The van der Waals surface area contributed by atoms with Gasteiger partial charge in [0.1, 0.15) is 5.75 Å².